The Hall–Kier alpha value is -2.32. The number of carbonyl (C=O) groups excluding carboxylic acids is 1. The van der Waals surface area contributed by atoms with Gasteiger partial charge in [0.05, 0.1) is 5.56 Å². The number of hydrogen-bond acceptors (Lipinski definition) is 5. The molecule has 0 aliphatic rings. The lowest BCUT2D eigenvalue weighted by atomic mass is 10.2. The number of aromatic nitrogens is 2. The van der Waals surface area contributed by atoms with Crippen LogP contribution >= 0.6 is 23.1 Å². The maximum Gasteiger partial charge on any atom is 0.260 e. The quantitative estimate of drug-likeness (QED) is 0.540. The summed E-state index contributed by atoms with van der Waals surface area (Å²) in [6.07, 6.45) is 0. The summed E-state index contributed by atoms with van der Waals surface area (Å²) in [6, 6.07) is 12.7. The average Bonchev–Trinajstić information content (AvgIpc) is 3.01. The fraction of sp³-hybridized carbons (Fsp3) is 0.0625. The van der Waals surface area contributed by atoms with Gasteiger partial charge in [-0.15, -0.1) is 10.2 Å². The molecule has 24 heavy (non-hydrogen) atoms. The summed E-state index contributed by atoms with van der Waals surface area (Å²) in [7, 11) is 0. The third-order valence-corrected chi connectivity index (χ3v) is 5.05. The Morgan fingerprint density at radius 1 is 1.12 bits per heavy atom. The number of benzene rings is 2. The van der Waals surface area contributed by atoms with Crippen molar-refractivity contribution in [2.45, 2.75) is 10.1 Å². The molecule has 0 atom stereocenters. The molecule has 0 aliphatic carbocycles. The lowest BCUT2D eigenvalue weighted by Gasteiger charge is -2.02. The predicted octanol–water partition coefficient (Wildman–Crippen LogP) is 4.36. The zero-order valence-electron chi connectivity index (χ0n) is 12.2. The van der Waals surface area contributed by atoms with Crippen LogP contribution in [-0.2, 0) is 5.75 Å². The van der Waals surface area contributed by atoms with E-state index in [2.05, 4.69) is 15.5 Å². The molecule has 0 saturated heterocycles. The van der Waals surface area contributed by atoms with Gasteiger partial charge in [-0.2, -0.15) is 0 Å². The van der Waals surface area contributed by atoms with E-state index in [0.717, 1.165) is 23.4 Å². The van der Waals surface area contributed by atoms with Gasteiger partial charge in [-0.25, -0.2) is 8.78 Å². The van der Waals surface area contributed by atoms with Crippen LogP contribution in [0.5, 0.6) is 0 Å². The second kappa shape index (κ2) is 7.50. The molecule has 1 N–H and O–H groups in total. The number of amides is 1. The molecular formula is C16H11F2N3OS2. The number of nitrogens with zero attached hydrogens (tertiary/aromatic N) is 2. The van der Waals surface area contributed by atoms with E-state index in [1.54, 1.807) is 0 Å². The summed E-state index contributed by atoms with van der Waals surface area (Å²) in [5.41, 5.74) is 0.904. The minimum atomic E-state index is -0.921. The monoisotopic (exact) mass is 363 g/mol. The highest BCUT2D eigenvalue weighted by molar-refractivity contribution is 8.00. The molecule has 122 valence electrons. The standard InChI is InChI=1S/C16H11F2N3OS2/c17-11-6-7-12(13(18)8-11)14(22)19-15-20-21-16(24-15)23-9-10-4-2-1-3-5-10/h1-8H,9H2,(H,19,20,22). The van der Waals surface area contributed by atoms with Crippen LogP contribution in [0, 0.1) is 11.6 Å². The fourth-order valence-corrected chi connectivity index (χ4v) is 3.58. The Morgan fingerprint density at radius 3 is 2.67 bits per heavy atom. The minimum Gasteiger partial charge on any atom is -0.296 e. The third-order valence-electron chi connectivity index (χ3n) is 3.01. The van der Waals surface area contributed by atoms with E-state index < -0.39 is 17.5 Å². The van der Waals surface area contributed by atoms with Crippen molar-refractivity contribution in [3.05, 3.63) is 71.3 Å². The number of thioether (sulfide) groups is 1. The van der Waals surface area contributed by atoms with Crippen LogP contribution in [0.4, 0.5) is 13.9 Å². The molecule has 0 unspecified atom stereocenters. The number of hydrogen-bond donors (Lipinski definition) is 1. The topological polar surface area (TPSA) is 54.9 Å². The molecule has 0 radical (unpaired) electrons. The summed E-state index contributed by atoms with van der Waals surface area (Å²) >= 11 is 2.69. The molecule has 8 heteroatoms. The van der Waals surface area contributed by atoms with Crippen LogP contribution < -0.4 is 5.32 Å². The van der Waals surface area contributed by atoms with Gasteiger partial charge in [-0.05, 0) is 17.7 Å². The van der Waals surface area contributed by atoms with Gasteiger partial charge in [0, 0.05) is 11.8 Å². The molecule has 0 saturated carbocycles. The van der Waals surface area contributed by atoms with Crippen LogP contribution in [0.15, 0.2) is 52.9 Å². The van der Waals surface area contributed by atoms with Gasteiger partial charge in [0.1, 0.15) is 11.6 Å². The fourth-order valence-electron chi connectivity index (χ4n) is 1.88. The lowest BCUT2D eigenvalue weighted by molar-refractivity contribution is 0.102. The molecular weight excluding hydrogens is 352 g/mol. The minimum absolute atomic E-state index is 0.245. The van der Waals surface area contributed by atoms with Crippen molar-refractivity contribution in [1.29, 1.82) is 0 Å². The van der Waals surface area contributed by atoms with Gasteiger partial charge in [0.15, 0.2) is 4.34 Å². The summed E-state index contributed by atoms with van der Waals surface area (Å²) in [6.45, 7) is 0. The van der Waals surface area contributed by atoms with Gasteiger partial charge in [0.2, 0.25) is 5.13 Å². The zero-order valence-corrected chi connectivity index (χ0v) is 13.8. The van der Waals surface area contributed by atoms with Crippen molar-refractivity contribution in [1.82, 2.24) is 10.2 Å². The van der Waals surface area contributed by atoms with Crippen molar-refractivity contribution >= 4 is 34.1 Å². The van der Waals surface area contributed by atoms with Crippen LogP contribution in [0.2, 0.25) is 0 Å². The van der Waals surface area contributed by atoms with Gasteiger partial charge in [0.25, 0.3) is 5.91 Å². The smallest absolute Gasteiger partial charge is 0.260 e. The lowest BCUT2D eigenvalue weighted by Crippen LogP contribution is -2.13. The molecule has 2 aromatic carbocycles. The summed E-state index contributed by atoms with van der Waals surface area (Å²) in [4.78, 5) is 12.0. The first kappa shape index (κ1) is 16.5. The van der Waals surface area contributed by atoms with Crippen molar-refractivity contribution in [2.75, 3.05) is 5.32 Å². The summed E-state index contributed by atoms with van der Waals surface area (Å²) < 4.78 is 27.1. The van der Waals surface area contributed by atoms with Crippen LogP contribution in [0.25, 0.3) is 0 Å². The molecule has 3 aromatic rings. The number of carbonyl (C=O) groups is 1. The second-order valence-corrected chi connectivity index (χ2v) is 6.93. The molecule has 1 amide bonds. The van der Waals surface area contributed by atoms with Crippen molar-refractivity contribution in [3.8, 4) is 0 Å². The normalized spacial score (nSPS) is 10.6. The molecule has 1 aromatic heterocycles. The van der Waals surface area contributed by atoms with Gasteiger partial charge in [-0.1, -0.05) is 53.4 Å². The molecule has 3 rings (SSSR count). The zero-order chi connectivity index (χ0) is 16.9. The Kier molecular flexibility index (Phi) is 5.17. The van der Waals surface area contributed by atoms with E-state index in [0.29, 0.717) is 10.4 Å². The van der Waals surface area contributed by atoms with Crippen LogP contribution in [0.3, 0.4) is 0 Å². The molecule has 4 nitrogen and oxygen atoms in total. The van der Waals surface area contributed by atoms with Crippen molar-refractivity contribution in [2.24, 2.45) is 0 Å². The molecule has 0 fully saturated rings. The second-order valence-electron chi connectivity index (χ2n) is 4.73. The molecule has 1 heterocycles. The number of nitrogens with one attached hydrogen (secondary N) is 1. The summed E-state index contributed by atoms with van der Waals surface area (Å²) in [5.74, 6) is -1.62. The van der Waals surface area contributed by atoms with Crippen LogP contribution in [0.1, 0.15) is 15.9 Å². The van der Waals surface area contributed by atoms with E-state index >= 15 is 0 Å². The first-order valence-corrected chi connectivity index (χ1v) is 8.68. The first-order valence-electron chi connectivity index (χ1n) is 6.88. The Morgan fingerprint density at radius 2 is 1.92 bits per heavy atom. The average molecular weight is 363 g/mol. The van der Waals surface area contributed by atoms with E-state index in [1.165, 1.54) is 23.1 Å². The van der Waals surface area contributed by atoms with Crippen molar-refractivity contribution in [3.63, 3.8) is 0 Å². The van der Waals surface area contributed by atoms with Crippen LogP contribution in [-0.4, -0.2) is 16.1 Å². The van der Waals surface area contributed by atoms with Crippen molar-refractivity contribution < 1.29 is 13.6 Å². The third kappa shape index (κ3) is 4.15. The van der Waals surface area contributed by atoms with Gasteiger partial charge in [-0.3, -0.25) is 10.1 Å². The predicted molar refractivity (Wildman–Crippen MR) is 90.2 cm³/mol. The highest BCUT2D eigenvalue weighted by Crippen LogP contribution is 2.28. The number of rotatable bonds is 5. The Balaban J connectivity index is 1.62. The van der Waals surface area contributed by atoms with Gasteiger partial charge < -0.3 is 0 Å². The highest BCUT2D eigenvalue weighted by atomic mass is 32.2. The molecule has 0 spiro atoms. The SMILES string of the molecule is O=C(Nc1nnc(SCc2ccccc2)s1)c1ccc(F)cc1F. The Labute approximate surface area is 144 Å². The molecule has 0 aliphatic heterocycles. The highest BCUT2D eigenvalue weighted by Gasteiger charge is 2.15. The van der Waals surface area contributed by atoms with E-state index in [-0.39, 0.29) is 10.7 Å². The maximum atomic E-state index is 13.6. The van der Waals surface area contributed by atoms with E-state index in [9.17, 15) is 13.6 Å². The summed E-state index contributed by atoms with van der Waals surface area (Å²) in [5, 5.41) is 10.6. The number of halogens is 2. The maximum absolute atomic E-state index is 13.6. The Bertz CT molecular complexity index is 856. The largest absolute Gasteiger partial charge is 0.296 e. The first-order chi connectivity index (χ1) is 11.6. The van der Waals surface area contributed by atoms with Gasteiger partial charge >= 0.3 is 0 Å². The number of anilines is 1. The van der Waals surface area contributed by atoms with E-state index in [4.69, 9.17) is 0 Å². The molecule has 0 bridgehead atoms. The van der Waals surface area contributed by atoms with E-state index in [1.807, 2.05) is 30.3 Å².